The smallest absolute Gasteiger partial charge is 0.159 e. The molecule has 0 fully saturated rings. The summed E-state index contributed by atoms with van der Waals surface area (Å²) in [6.45, 7) is 1.41. The molecule has 2 aromatic heterocycles. The zero-order valence-electron chi connectivity index (χ0n) is 7.77. The van der Waals surface area contributed by atoms with Crippen LogP contribution in [0.2, 0.25) is 5.02 Å². The number of aryl methyl sites for hydroxylation is 2. The second-order valence-corrected chi connectivity index (χ2v) is 4.34. The molecule has 0 aliphatic heterocycles. The SMILES string of the molecule is Nc1nn(CCn2cc(Cl)cn2)cc1Br. The van der Waals surface area contributed by atoms with E-state index < -0.39 is 0 Å². The zero-order valence-corrected chi connectivity index (χ0v) is 10.1. The summed E-state index contributed by atoms with van der Waals surface area (Å²) in [5.41, 5.74) is 5.59. The van der Waals surface area contributed by atoms with Crippen LogP contribution < -0.4 is 5.73 Å². The van der Waals surface area contributed by atoms with Crippen molar-refractivity contribution in [3.63, 3.8) is 0 Å². The number of anilines is 1. The summed E-state index contributed by atoms with van der Waals surface area (Å²) >= 11 is 9.03. The molecule has 0 saturated heterocycles. The molecule has 5 nitrogen and oxygen atoms in total. The number of rotatable bonds is 3. The first-order valence-electron chi connectivity index (χ1n) is 4.31. The van der Waals surface area contributed by atoms with E-state index in [1.54, 1.807) is 21.8 Å². The molecule has 0 bridgehead atoms. The number of hydrogen-bond donors (Lipinski definition) is 1. The third-order valence-electron chi connectivity index (χ3n) is 1.90. The van der Waals surface area contributed by atoms with Gasteiger partial charge in [-0.05, 0) is 15.9 Å². The van der Waals surface area contributed by atoms with E-state index in [9.17, 15) is 0 Å². The number of nitrogens with two attached hydrogens (primary N) is 1. The maximum atomic E-state index is 5.74. The first-order valence-corrected chi connectivity index (χ1v) is 5.48. The monoisotopic (exact) mass is 289 g/mol. The molecule has 0 atom stereocenters. The third kappa shape index (κ3) is 2.51. The summed E-state index contributed by atoms with van der Waals surface area (Å²) < 4.78 is 4.32. The van der Waals surface area contributed by atoms with Crippen LogP contribution in [0.5, 0.6) is 0 Å². The van der Waals surface area contributed by atoms with Crippen LogP contribution in [0.4, 0.5) is 5.82 Å². The molecule has 2 rings (SSSR count). The van der Waals surface area contributed by atoms with E-state index in [-0.39, 0.29) is 0 Å². The Morgan fingerprint density at radius 2 is 2.07 bits per heavy atom. The van der Waals surface area contributed by atoms with Crippen molar-refractivity contribution in [3.8, 4) is 0 Å². The molecule has 0 saturated carbocycles. The molecule has 0 unspecified atom stereocenters. The molecule has 0 aromatic carbocycles. The van der Waals surface area contributed by atoms with Gasteiger partial charge in [-0.25, -0.2) is 0 Å². The minimum Gasteiger partial charge on any atom is -0.381 e. The van der Waals surface area contributed by atoms with Crippen molar-refractivity contribution in [2.24, 2.45) is 0 Å². The van der Waals surface area contributed by atoms with Crippen molar-refractivity contribution in [3.05, 3.63) is 28.1 Å². The molecule has 15 heavy (non-hydrogen) atoms. The van der Waals surface area contributed by atoms with E-state index in [1.165, 1.54) is 0 Å². The number of nitrogen functional groups attached to an aromatic ring is 1. The summed E-state index contributed by atoms with van der Waals surface area (Å²) in [5, 5.41) is 8.80. The van der Waals surface area contributed by atoms with Crippen molar-refractivity contribution in [1.82, 2.24) is 19.6 Å². The Morgan fingerprint density at radius 3 is 2.60 bits per heavy atom. The average Bonchev–Trinajstić information content (AvgIpc) is 2.72. The van der Waals surface area contributed by atoms with E-state index in [0.29, 0.717) is 23.9 Å². The van der Waals surface area contributed by atoms with Crippen molar-refractivity contribution < 1.29 is 0 Å². The van der Waals surface area contributed by atoms with Gasteiger partial charge < -0.3 is 5.73 Å². The Hall–Kier alpha value is -1.01. The van der Waals surface area contributed by atoms with Gasteiger partial charge in [-0.15, -0.1) is 0 Å². The zero-order chi connectivity index (χ0) is 10.8. The Kier molecular flexibility index (Phi) is 2.97. The summed E-state index contributed by atoms with van der Waals surface area (Å²) in [4.78, 5) is 0. The quantitative estimate of drug-likeness (QED) is 0.937. The summed E-state index contributed by atoms with van der Waals surface area (Å²) in [6.07, 6.45) is 5.21. The fourth-order valence-corrected chi connectivity index (χ4v) is 1.66. The lowest BCUT2D eigenvalue weighted by atomic mass is 10.6. The molecular weight excluding hydrogens is 281 g/mol. The van der Waals surface area contributed by atoms with Gasteiger partial charge in [0.1, 0.15) is 0 Å². The second kappa shape index (κ2) is 4.24. The topological polar surface area (TPSA) is 61.7 Å². The maximum Gasteiger partial charge on any atom is 0.159 e. The molecule has 2 aromatic rings. The highest BCUT2D eigenvalue weighted by atomic mass is 79.9. The molecule has 2 N–H and O–H groups in total. The molecule has 0 radical (unpaired) electrons. The van der Waals surface area contributed by atoms with Crippen LogP contribution in [0.25, 0.3) is 0 Å². The second-order valence-electron chi connectivity index (χ2n) is 3.05. The van der Waals surface area contributed by atoms with Gasteiger partial charge >= 0.3 is 0 Å². The van der Waals surface area contributed by atoms with Gasteiger partial charge in [0.25, 0.3) is 0 Å². The largest absolute Gasteiger partial charge is 0.381 e. The van der Waals surface area contributed by atoms with Crippen molar-refractivity contribution in [2.75, 3.05) is 5.73 Å². The van der Waals surface area contributed by atoms with Gasteiger partial charge in [0.15, 0.2) is 5.82 Å². The summed E-state index contributed by atoms with van der Waals surface area (Å²) in [6, 6.07) is 0. The highest BCUT2D eigenvalue weighted by molar-refractivity contribution is 9.10. The van der Waals surface area contributed by atoms with Gasteiger partial charge in [-0.1, -0.05) is 11.6 Å². The van der Waals surface area contributed by atoms with Crippen LogP contribution in [0.1, 0.15) is 0 Å². The van der Waals surface area contributed by atoms with Gasteiger partial charge in [0.05, 0.1) is 28.8 Å². The van der Waals surface area contributed by atoms with E-state index >= 15 is 0 Å². The lowest BCUT2D eigenvalue weighted by molar-refractivity contribution is 0.501. The normalized spacial score (nSPS) is 10.8. The van der Waals surface area contributed by atoms with Gasteiger partial charge in [0.2, 0.25) is 0 Å². The van der Waals surface area contributed by atoms with E-state index in [4.69, 9.17) is 17.3 Å². The van der Waals surface area contributed by atoms with Crippen LogP contribution in [0, 0.1) is 0 Å². The molecule has 0 aliphatic carbocycles. The minimum atomic E-state index is 0.494. The number of hydrogen-bond acceptors (Lipinski definition) is 3. The molecule has 80 valence electrons. The average molecular weight is 291 g/mol. The van der Waals surface area contributed by atoms with E-state index in [0.717, 1.165) is 4.47 Å². The van der Waals surface area contributed by atoms with Gasteiger partial charge in [0, 0.05) is 12.4 Å². The van der Waals surface area contributed by atoms with Crippen molar-refractivity contribution >= 4 is 33.3 Å². The Bertz CT molecular complexity index is 444. The van der Waals surface area contributed by atoms with Crippen molar-refractivity contribution in [1.29, 1.82) is 0 Å². The first kappa shape index (κ1) is 10.5. The summed E-state index contributed by atoms with van der Waals surface area (Å²) in [5.74, 6) is 0.494. The predicted molar refractivity (Wildman–Crippen MR) is 61.6 cm³/mol. The fourth-order valence-electron chi connectivity index (χ4n) is 1.19. The molecule has 7 heteroatoms. The highest BCUT2D eigenvalue weighted by Crippen LogP contribution is 2.16. The van der Waals surface area contributed by atoms with Crippen LogP contribution in [0.15, 0.2) is 23.1 Å². The Morgan fingerprint density at radius 1 is 1.33 bits per heavy atom. The minimum absolute atomic E-state index is 0.494. The maximum absolute atomic E-state index is 5.74. The Labute approximate surface area is 99.9 Å². The molecule has 0 amide bonds. The fraction of sp³-hybridized carbons (Fsp3) is 0.250. The lowest BCUT2D eigenvalue weighted by Crippen LogP contribution is -2.08. The highest BCUT2D eigenvalue weighted by Gasteiger charge is 2.02. The van der Waals surface area contributed by atoms with E-state index in [1.807, 2.05) is 6.20 Å². The van der Waals surface area contributed by atoms with Crippen molar-refractivity contribution in [2.45, 2.75) is 13.1 Å². The standard InChI is InChI=1S/C8H9BrClN5/c9-7-5-15(13-8(7)11)2-1-14-4-6(10)3-12-14/h3-5H,1-2H2,(H2,11,13). The van der Waals surface area contributed by atoms with E-state index in [2.05, 4.69) is 26.1 Å². The van der Waals surface area contributed by atoms with Gasteiger partial charge in [-0.2, -0.15) is 10.2 Å². The van der Waals surface area contributed by atoms with Crippen LogP contribution in [-0.2, 0) is 13.1 Å². The molecule has 0 spiro atoms. The lowest BCUT2D eigenvalue weighted by Gasteiger charge is -2.00. The van der Waals surface area contributed by atoms with Crippen LogP contribution in [0.3, 0.4) is 0 Å². The number of aromatic nitrogens is 4. The number of nitrogens with zero attached hydrogens (tertiary/aromatic N) is 4. The predicted octanol–water partition coefficient (Wildman–Crippen LogP) is 1.78. The van der Waals surface area contributed by atoms with Gasteiger partial charge in [-0.3, -0.25) is 9.36 Å². The van der Waals surface area contributed by atoms with Crippen LogP contribution >= 0.6 is 27.5 Å². The molecule has 0 aliphatic rings. The third-order valence-corrected chi connectivity index (χ3v) is 2.71. The first-order chi connectivity index (χ1) is 7.15. The number of halogens is 2. The van der Waals surface area contributed by atoms with Crippen LogP contribution in [-0.4, -0.2) is 19.6 Å². The Balaban J connectivity index is 1.99. The molecular formula is C8H9BrClN5. The summed E-state index contributed by atoms with van der Waals surface area (Å²) in [7, 11) is 0. The molecule has 2 heterocycles.